The monoisotopic (exact) mass is 289 g/mol. The predicted octanol–water partition coefficient (Wildman–Crippen LogP) is 1.42. The summed E-state index contributed by atoms with van der Waals surface area (Å²) >= 11 is 0. The van der Waals surface area contributed by atoms with E-state index in [9.17, 15) is 22.8 Å². The van der Waals surface area contributed by atoms with Crippen molar-refractivity contribution in [1.82, 2.24) is 10.3 Å². The highest BCUT2D eigenvalue weighted by atomic mass is 19.2. The maximum Gasteiger partial charge on any atom is 0.238 e. The fraction of sp³-hybridized carbons (Fsp3) is 0.333. The molecule has 0 aromatic heterocycles. The van der Waals surface area contributed by atoms with Crippen molar-refractivity contribution in [2.24, 2.45) is 0 Å². The maximum atomic E-state index is 13.2. The van der Waals surface area contributed by atoms with E-state index in [4.69, 9.17) is 0 Å². The molecule has 0 heterocycles. The SMILES string of the molecule is CN(C)C(=O)CCC(=O)NNc1cc(F)c(F)cc1F. The van der Waals surface area contributed by atoms with E-state index in [0.717, 1.165) is 0 Å². The van der Waals surface area contributed by atoms with Crippen molar-refractivity contribution in [3.8, 4) is 0 Å². The summed E-state index contributed by atoms with van der Waals surface area (Å²) < 4.78 is 38.8. The molecule has 0 saturated carbocycles. The van der Waals surface area contributed by atoms with E-state index in [1.165, 1.54) is 4.90 Å². The summed E-state index contributed by atoms with van der Waals surface area (Å²) in [6, 6.07) is 0.940. The molecule has 0 fully saturated rings. The van der Waals surface area contributed by atoms with E-state index in [1.807, 2.05) is 0 Å². The van der Waals surface area contributed by atoms with Gasteiger partial charge in [-0.25, -0.2) is 13.2 Å². The number of halogens is 3. The highest BCUT2D eigenvalue weighted by molar-refractivity contribution is 5.84. The molecule has 0 radical (unpaired) electrons. The molecule has 0 aliphatic heterocycles. The van der Waals surface area contributed by atoms with Gasteiger partial charge in [0.15, 0.2) is 17.5 Å². The van der Waals surface area contributed by atoms with Crippen LogP contribution in [0.15, 0.2) is 12.1 Å². The van der Waals surface area contributed by atoms with Crippen LogP contribution in [-0.4, -0.2) is 30.8 Å². The molecule has 0 atom stereocenters. The van der Waals surface area contributed by atoms with Gasteiger partial charge >= 0.3 is 0 Å². The van der Waals surface area contributed by atoms with Crippen LogP contribution in [0.3, 0.4) is 0 Å². The number of rotatable bonds is 5. The van der Waals surface area contributed by atoms with E-state index >= 15 is 0 Å². The summed E-state index contributed by atoms with van der Waals surface area (Å²) in [5.74, 6) is -4.43. The second-order valence-electron chi connectivity index (χ2n) is 4.21. The number of amides is 2. The quantitative estimate of drug-likeness (QED) is 0.636. The van der Waals surface area contributed by atoms with Crippen LogP contribution in [0.4, 0.5) is 18.9 Å². The Labute approximate surface area is 113 Å². The largest absolute Gasteiger partial charge is 0.349 e. The number of anilines is 1. The fourth-order valence-electron chi connectivity index (χ4n) is 1.26. The van der Waals surface area contributed by atoms with E-state index in [-0.39, 0.29) is 18.7 Å². The van der Waals surface area contributed by atoms with Crippen LogP contribution in [0.25, 0.3) is 0 Å². The average Bonchev–Trinajstić information content (AvgIpc) is 2.38. The third-order valence-corrected chi connectivity index (χ3v) is 2.41. The van der Waals surface area contributed by atoms with Gasteiger partial charge in [0, 0.05) is 39.1 Å². The lowest BCUT2D eigenvalue weighted by Gasteiger charge is -2.11. The molecule has 2 N–H and O–H groups in total. The lowest BCUT2D eigenvalue weighted by atomic mass is 10.2. The molecule has 0 spiro atoms. The third kappa shape index (κ3) is 4.45. The number of benzene rings is 1. The molecule has 5 nitrogen and oxygen atoms in total. The Kier molecular flexibility index (Phi) is 5.36. The van der Waals surface area contributed by atoms with Gasteiger partial charge in [-0.2, -0.15) is 0 Å². The second kappa shape index (κ2) is 6.78. The van der Waals surface area contributed by atoms with E-state index in [0.29, 0.717) is 12.1 Å². The fourth-order valence-corrected chi connectivity index (χ4v) is 1.26. The first kappa shape index (κ1) is 15.8. The first-order chi connectivity index (χ1) is 9.31. The lowest BCUT2D eigenvalue weighted by Crippen LogP contribution is -2.31. The van der Waals surface area contributed by atoms with Gasteiger partial charge < -0.3 is 4.90 Å². The van der Waals surface area contributed by atoms with Crippen LogP contribution in [0, 0.1) is 17.5 Å². The molecule has 1 aromatic carbocycles. The smallest absolute Gasteiger partial charge is 0.238 e. The predicted molar refractivity (Wildman–Crippen MR) is 66.0 cm³/mol. The van der Waals surface area contributed by atoms with Crippen LogP contribution in [-0.2, 0) is 9.59 Å². The van der Waals surface area contributed by atoms with Gasteiger partial charge in [0.1, 0.15) is 0 Å². The van der Waals surface area contributed by atoms with Crippen molar-refractivity contribution in [1.29, 1.82) is 0 Å². The van der Waals surface area contributed by atoms with Crippen molar-refractivity contribution >= 4 is 17.5 Å². The summed E-state index contributed by atoms with van der Waals surface area (Å²) in [5, 5.41) is 0. The minimum Gasteiger partial charge on any atom is -0.349 e. The van der Waals surface area contributed by atoms with Crippen molar-refractivity contribution < 1.29 is 22.8 Å². The Balaban J connectivity index is 2.49. The molecule has 2 amide bonds. The summed E-state index contributed by atoms with van der Waals surface area (Å²) in [4.78, 5) is 23.9. The van der Waals surface area contributed by atoms with Gasteiger partial charge in [0.25, 0.3) is 0 Å². The topological polar surface area (TPSA) is 61.4 Å². The number of hydrogen-bond acceptors (Lipinski definition) is 3. The zero-order valence-corrected chi connectivity index (χ0v) is 11.0. The standard InChI is InChI=1S/C12H14F3N3O2/c1-18(2)12(20)4-3-11(19)17-16-10-6-8(14)7(13)5-9(10)15/h5-6,16H,3-4H2,1-2H3,(H,17,19). The van der Waals surface area contributed by atoms with Crippen molar-refractivity contribution in [2.45, 2.75) is 12.8 Å². The van der Waals surface area contributed by atoms with Crippen LogP contribution in [0.1, 0.15) is 12.8 Å². The first-order valence-corrected chi connectivity index (χ1v) is 5.71. The average molecular weight is 289 g/mol. The van der Waals surface area contributed by atoms with Crippen molar-refractivity contribution in [3.63, 3.8) is 0 Å². The molecule has 1 aromatic rings. The zero-order valence-electron chi connectivity index (χ0n) is 11.0. The van der Waals surface area contributed by atoms with Gasteiger partial charge in [0.05, 0.1) is 5.69 Å². The molecule has 8 heteroatoms. The van der Waals surface area contributed by atoms with Gasteiger partial charge in [-0.05, 0) is 0 Å². The number of carbonyl (C=O) groups is 2. The highest BCUT2D eigenvalue weighted by Crippen LogP contribution is 2.17. The molecule has 0 bridgehead atoms. The van der Waals surface area contributed by atoms with Crippen LogP contribution in [0.2, 0.25) is 0 Å². The number of nitrogens with zero attached hydrogens (tertiary/aromatic N) is 1. The van der Waals surface area contributed by atoms with Crippen LogP contribution >= 0.6 is 0 Å². The molecular formula is C12H14F3N3O2. The van der Waals surface area contributed by atoms with E-state index < -0.39 is 29.0 Å². The summed E-state index contributed by atoms with van der Waals surface area (Å²) in [5.41, 5.74) is 3.81. The number of nitrogens with one attached hydrogen (secondary N) is 2. The summed E-state index contributed by atoms with van der Waals surface area (Å²) in [7, 11) is 3.10. The Morgan fingerprint density at radius 3 is 2.25 bits per heavy atom. The Hall–Kier alpha value is -2.25. The van der Waals surface area contributed by atoms with Gasteiger partial charge in [-0.3, -0.25) is 20.4 Å². The van der Waals surface area contributed by atoms with Crippen LogP contribution < -0.4 is 10.9 Å². The zero-order chi connectivity index (χ0) is 15.3. The minimum atomic E-state index is -1.32. The Morgan fingerprint density at radius 2 is 1.65 bits per heavy atom. The van der Waals surface area contributed by atoms with Gasteiger partial charge in [0.2, 0.25) is 11.8 Å². The lowest BCUT2D eigenvalue weighted by molar-refractivity contribution is -0.131. The Bertz CT molecular complexity index is 521. The maximum absolute atomic E-state index is 13.2. The minimum absolute atomic E-state index is 0.0131. The third-order valence-electron chi connectivity index (χ3n) is 2.41. The molecule has 20 heavy (non-hydrogen) atoms. The molecular weight excluding hydrogens is 275 g/mol. The number of carbonyl (C=O) groups excluding carboxylic acids is 2. The summed E-state index contributed by atoms with van der Waals surface area (Å²) in [6.45, 7) is 0. The molecule has 110 valence electrons. The molecule has 0 unspecified atom stereocenters. The van der Waals surface area contributed by atoms with E-state index in [1.54, 1.807) is 14.1 Å². The van der Waals surface area contributed by atoms with Gasteiger partial charge in [-0.1, -0.05) is 0 Å². The molecule has 1 rings (SSSR count). The van der Waals surface area contributed by atoms with Crippen molar-refractivity contribution in [3.05, 3.63) is 29.6 Å². The number of hydrazine groups is 1. The van der Waals surface area contributed by atoms with Gasteiger partial charge in [-0.15, -0.1) is 0 Å². The second-order valence-corrected chi connectivity index (χ2v) is 4.21. The molecule has 0 aliphatic carbocycles. The van der Waals surface area contributed by atoms with Crippen molar-refractivity contribution in [2.75, 3.05) is 19.5 Å². The highest BCUT2D eigenvalue weighted by Gasteiger charge is 2.11. The van der Waals surface area contributed by atoms with Crippen LogP contribution in [0.5, 0.6) is 0 Å². The first-order valence-electron chi connectivity index (χ1n) is 5.71. The number of hydrogen-bond donors (Lipinski definition) is 2. The molecule has 0 saturated heterocycles. The van der Waals surface area contributed by atoms with E-state index in [2.05, 4.69) is 10.9 Å². The normalized spacial score (nSPS) is 10.1. The molecule has 0 aliphatic rings. The Morgan fingerprint density at radius 1 is 1.05 bits per heavy atom. The summed E-state index contributed by atoms with van der Waals surface area (Å²) in [6.07, 6.45) is -0.129.